The van der Waals surface area contributed by atoms with Crippen LogP contribution in [0.1, 0.15) is 49.3 Å². The zero-order valence-electron chi connectivity index (χ0n) is 13.3. The number of urea groups is 1. The van der Waals surface area contributed by atoms with Crippen LogP contribution in [0.3, 0.4) is 0 Å². The van der Waals surface area contributed by atoms with Gasteiger partial charge in [0.25, 0.3) is 0 Å². The Morgan fingerprint density at radius 3 is 2.91 bits per heavy atom. The van der Waals surface area contributed by atoms with E-state index >= 15 is 0 Å². The number of carbonyl (C=O) groups is 1. The number of nitrogens with zero attached hydrogens (tertiary/aromatic N) is 2. The number of amides is 2. The molecule has 122 valence electrons. The average molecular weight is 314 g/mol. The molecule has 2 heterocycles. The molecule has 2 N–H and O–H groups in total. The van der Waals surface area contributed by atoms with Gasteiger partial charge in [-0.25, -0.2) is 4.79 Å². The normalized spacial score (nSPS) is 22.8. The fourth-order valence-corrected chi connectivity index (χ4v) is 2.97. The molecule has 0 aromatic carbocycles. The van der Waals surface area contributed by atoms with Crippen LogP contribution in [0.5, 0.6) is 0 Å². The van der Waals surface area contributed by atoms with Gasteiger partial charge in [0.05, 0.1) is 18.8 Å². The zero-order valence-corrected chi connectivity index (χ0v) is 13.3. The molecule has 0 spiro atoms. The Hall–Kier alpha value is -2.24. The van der Waals surface area contributed by atoms with E-state index < -0.39 is 0 Å². The topological polar surface area (TPSA) is 74.2 Å². The first kappa shape index (κ1) is 14.4. The molecule has 2 aliphatic rings. The van der Waals surface area contributed by atoms with Crippen LogP contribution in [0.4, 0.5) is 4.79 Å². The SMILES string of the molecule is C[C@H]1C[C@H]1c1ccc(CN(C(=O)NCc2ccn[nH]2)C2CC2)o1. The smallest absolute Gasteiger partial charge is 0.318 e. The molecular weight excluding hydrogens is 292 g/mol. The van der Waals surface area contributed by atoms with Crippen molar-refractivity contribution in [1.29, 1.82) is 0 Å². The summed E-state index contributed by atoms with van der Waals surface area (Å²) in [7, 11) is 0. The van der Waals surface area contributed by atoms with Gasteiger partial charge in [0.2, 0.25) is 0 Å². The highest BCUT2D eigenvalue weighted by molar-refractivity contribution is 5.74. The maximum absolute atomic E-state index is 12.5. The Balaban J connectivity index is 1.37. The van der Waals surface area contributed by atoms with Gasteiger partial charge in [0.15, 0.2) is 0 Å². The molecule has 2 fully saturated rings. The summed E-state index contributed by atoms with van der Waals surface area (Å²) in [5.74, 6) is 3.25. The number of rotatable bonds is 6. The van der Waals surface area contributed by atoms with Crippen molar-refractivity contribution >= 4 is 6.03 Å². The summed E-state index contributed by atoms with van der Waals surface area (Å²) in [4.78, 5) is 14.4. The molecule has 2 aromatic heterocycles. The molecule has 2 atom stereocenters. The standard InChI is InChI=1S/C17H22N4O2/c1-11-8-15(11)16-5-4-14(23-16)10-21(13-2-3-13)17(22)18-9-12-6-7-19-20-12/h4-7,11,13,15H,2-3,8-10H2,1H3,(H,18,22)(H,19,20)/t11-,15+/m0/s1. The summed E-state index contributed by atoms with van der Waals surface area (Å²) in [5.41, 5.74) is 0.900. The monoisotopic (exact) mass is 314 g/mol. The van der Waals surface area contributed by atoms with Crippen molar-refractivity contribution in [2.75, 3.05) is 0 Å². The Kier molecular flexibility index (Phi) is 3.59. The van der Waals surface area contributed by atoms with E-state index in [-0.39, 0.29) is 6.03 Å². The number of hydrogen-bond acceptors (Lipinski definition) is 3. The van der Waals surface area contributed by atoms with E-state index in [4.69, 9.17) is 4.42 Å². The van der Waals surface area contributed by atoms with E-state index in [2.05, 4.69) is 28.5 Å². The highest BCUT2D eigenvalue weighted by Crippen LogP contribution is 2.47. The van der Waals surface area contributed by atoms with Gasteiger partial charge in [-0.05, 0) is 43.4 Å². The first-order valence-corrected chi connectivity index (χ1v) is 8.32. The number of furan rings is 1. The first-order chi connectivity index (χ1) is 11.2. The molecule has 0 radical (unpaired) electrons. The van der Waals surface area contributed by atoms with Gasteiger partial charge in [-0.15, -0.1) is 0 Å². The van der Waals surface area contributed by atoms with Gasteiger partial charge in [0.1, 0.15) is 11.5 Å². The predicted octanol–water partition coefficient (Wildman–Crippen LogP) is 3.00. The molecule has 0 bridgehead atoms. The van der Waals surface area contributed by atoms with Crippen molar-refractivity contribution in [3.8, 4) is 0 Å². The summed E-state index contributed by atoms with van der Waals surface area (Å²) < 4.78 is 5.95. The van der Waals surface area contributed by atoms with E-state index in [9.17, 15) is 4.79 Å². The van der Waals surface area contributed by atoms with Gasteiger partial charge >= 0.3 is 6.03 Å². The molecular formula is C17H22N4O2. The molecule has 2 aliphatic carbocycles. The van der Waals surface area contributed by atoms with Crippen LogP contribution in [0.25, 0.3) is 0 Å². The number of hydrogen-bond donors (Lipinski definition) is 2. The minimum absolute atomic E-state index is 0.0418. The maximum Gasteiger partial charge on any atom is 0.318 e. The van der Waals surface area contributed by atoms with Crippen LogP contribution in [-0.2, 0) is 13.1 Å². The lowest BCUT2D eigenvalue weighted by Crippen LogP contribution is -2.40. The second-order valence-electron chi connectivity index (χ2n) is 6.72. The van der Waals surface area contributed by atoms with Crippen LogP contribution in [0.15, 0.2) is 28.8 Å². The van der Waals surface area contributed by atoms with Gasteiger partial charge in [-0.1, -0.05) is 6.92 Å². The number of carbonyl (C=O) groups excluding carboxylic acids is 1. The van der Waals surface area contributed by atoms with Crippen molar-refractivity contribution in [3.63, 3.8) is 0 Å². The van der Waals surface area contributed by atoms with Crippen molar-refractivity contribution in [1.82, 2.24) is 20.4 Å². The second-order valence-corrected chi connectivity index (χ2v) is 6.72. The van der Waals surface area contributed by atoms with Crippen molar-refractivity contribution in [3.05, 3.63) is 41.6 Å². The third-order valence-corrected chi connectivity index (χ3v) is 4.72. The average Bonchev–Trinajstić information content (AvgIpc) is 3.40. The number of nitrogens with one attached hydrogen (secondary N) is 2. The maximum atomic E-state index is 12.5. The quantitative estimate of drug-likeness (QED) is 0.860. The second kappa shape index (κ2) is 5.76. The van der Waals surface area contributed by atoms with Crippen LogP contribution >= 0.6 is 0 Å². The molecule has 0 unspecified atom stereocenters. The van der Waals surface area contributed by atoms with Gasteiger partial charge in [0, 0.05) is 18.2 Å². The van der Waals surface area contributed by atoms with Crippen LogP contribution in [0.2, 0.25) is 0 Å². The molecule has 2 aromatic rings. The molecule has 6 nitrogen and oxygen atoms in total. The third-order valence-electron chi connectivity index (χ3n) is 4.72. The lowest BCUT2D eigenvalue weighted by atomic mass is 10.3. The number of aromatic nitrogens is 2. The van der Waals surface area contributed by atoms with Crippen molar-refractivity contribution in [2.24, 2.45) is 5.92 Å². The fraction of sp³-hybridized carbons (Fsp3) is 0.529. The van der Waals surface area contributed by atoms with E-state index in [0.29, 0.717) is 25.0 Å². The Morgan fingerprint density at radius 1 is 1.43 bits per heavy atom. The van der Waals surface area contributed by atoms with E-state index in [1.165, 1.54) is 6.42 Å². The summed E-state index contributed by atoms with van der Waals surface area (Å²) >= 11 is 0. The minimum atomic E-state index is -0.0418. The lowest BCUT2D eigenvalue weighted by molar-refractivity contribution is 0.186. The molecule has 23 heavy (non-hydrogen) atoms. The first-order valence-electron chi connectivity index (χ1n) is 8.32. The third kappa shape index (κ3) is 3.25. The Labute approximate surface area is 135 Å². The largest absolute Gasteiger partial charge is 0.464 e. The minimum Gasteiger partial charge on any atom is -0.464 e. The van der Waals surface area contributed by atoms with Gasteiger partial charge < -0.3 is 14.6 Å². The number of H-pyrrole nitrogens is 1. The number of aromatic amines is 1. The molecule has 6 heteroatoms. The summed E-state index contributed by atoms with van der Waals surface area (Å²) in [6.45, 7) is 3.25. The van der Waals surface area contributed by atoms with E-state index in [1.54, 1.807) is 6.20 Å². The summed E-state index contributed by atoms with van der Waals surface area (Å²) in [6.07, 6.45) is 5.04. The Morgan fingerprint density at radius 2 is 2.26 bits per heavy atom. The predicted molar refractivity (Wildman–Crippen MR) is 84.6 cm³/mol. The Bertz CT molecular complexity index is 675. The molecule has 2 saturated carbocycles. The highest BCUT2D eigenvalue weighted by atomic mass is 16.3. The van der Waals surface area contributed by atoms with Crippen molar-refractivity contribution < 1.29 is 9.21 Å². The molecule has 0 saturated heterocycles. The summed E-state index contributed by atoms with van der Waals surface area (Å²) in [6, 6.07) is 6.23. The zero-order chi connectivity index (χ0) is 15.8. The van der Waals surface area contributed by atoms with Crippen LogP contribution in [0, 0.1) is 5.92 Å². The van der Waals surface area contributed by atoms with Gasteiger partial charge in [-0.3, -0.25) is 5.10 Å². The van der Waals surface area contributed by atoms with Crippen LogP contribution < -0.4 is 5.32 Å². The fourth-order valence-electron chi connectivity index (χ4n) is 2.97. The molecule has 2 amide bonds. The van der Waals surface area contributed by atoms with Crippen molar-refractivity contribution in [2.45, 2.75) is 51.2 Å². The van der Waals surface area contributed by atoms with Crippen LogP contribution in [-0.4, -0.2) is 27.2 Å². The summed E-state index contributed by atoms with van der Waals surface area (Å²) in [5, 5.41) is 9.69. The van der Waals surface area contributed by atoms with E-state index in [0.717, 1.165) is 36.0 Å². The van der Waals surface area contributed by atoms with E-state index in [1.807, 2.05) is 17.0 Å². The highest BCUT2D eigenvalue weighted by Gasteiger charge is 2.37. The molecule has 4 rings (SSSR count). The molecule has 0 aliphatic heterocycles. The van der Waals surface area contributed by atoms with Gasteiger partial charge in [-0.2, -0.15) is 5.10 Å². The lowest BCUT2D eigenvalue weighted by Gasteiger charge is -2.21.